The summed E-state index contributed by atoms with van der Waals surface area (Å²) in [6.45, 7) is 6.96. The molecule has 0 saturated carbocycles. The van der Waals surface area contributed by atoms with E-state index in [0.29, 0.717) is 0 Å². The van der Waals surface area contributed by atoms with E-state index < -0.39 is 23.6 Å². The van der Waals surface area contributed by atoms with Gasteiger partial charge in [0.15, 0.2) is 6.10 Å². The molecule has 0 unspecified atom stereocenters. The summed E-state index contributed by atoms with van der Waals surface area (Å²) in [5.74, 6) is -0.798. The first-order valence-corrected chi connectivity index (χ1v) is 9.07. The van der Waals surface area contributed by atoms with Crippen LogP contribution in [0.2, 0.25) is 0 Å². The van der Waals surface area contributed by atoms with Crippen molar-refractivity contribution < 1.29 is 19.1 Å². The quantitative estimate of drug-likeness (QED) is 0.843. The molecule has 1 heterocycles. The lowest BCUT2D eigenvalue weighted by atomic mass is 9.94. The Morgan fingerprint density at radius 1 is 1.22 bits per heavy atom. The highest BCUT2D eigenvalue weighted by molar-refractivity contribution is 5.93. The molecule has 1 aromatic carbocycles. The Labute approximate surface area is 160 Å². The Balaban J connectivity index is 2.36. The topological polar surface area (TPSA) is 79.0 Å². The van der Waals surface area contributed by atoms with Crippen molar-refractivity contribution in [3.63, 3.8) is 0 Å². The van der Waals surface area contributed by atoms with Crippen LogP contribution >= 0.6 is 0 Å². The predicted octanol–water partition coefficient (Wildman–Crippen LogP) is 1.35. The van der Waals surface area contributed by atoms with Crippen LogP contribution in [0.25, 0.3) is 0 Å². The van der Waals surface area contributed by atoms with E-state index in [1.54, 1.807) is 32.8 Å². The number of amides is 3. The summed E-state index contributed by atoms with van der Waals surface area (Å²) in [4.78, 5) is 41.0. The fraction of sp³-hybridized carbons (Fsp3) is 0.550. The van der Waals surface area contributed by atoms with Crippen molar-refractivity contribution in [2.24, 2.45) is 0 Å². The Bertz CT molecular complexity index is 700. The van der Waals surface area contributed by atoms with Gasteiger partial charge in [0.05, 0.1) is 6.04 Å². The summed E-state index contributed by atoms with van der Waals surface area (Å²) >= 11 is 0. The molecule has 0 bridgehead atoms. The van der Waals surface area contributed by atoms with Crippen molar-refractivity contribution in [2.75, 3.05) is 20.7 Å². The number of morpholine rings is 1. The van der Waals surface area contributed by atoms with E-state index in [4.69, 9.17) is 4.74 Å². The molecule has 0 radical (unpaired) electrons. The Kier molecular flexibility index (Phi) is 6.26. The van der Waals surface area contributed by atoms with Gasteiger partial charge in [0.25, 0.3) is 5.91 Å². The number of hydrogen-bond acceptors (Lipinski definition) is 4. The Hall–Kier alpha value is -2.41. The minimum absolute atomic E-state index is 0.0988. The smallest absolute Gasteiger partial charge is 0.252 e. The van der Waals surface area contributed by atoms with Crippen LogP contribution in [0.1, 0.15) is 39.3 Å². The molecule has 148 valence electrons. The van der Waals surface area contributed by atoms with Gasteiger partial charge in [-0.05, 0) is 33.3 Å². The third-order valence-electron chi connectivity index (χ3n) is 4.59. The maximum atomic E-state index is 13.1. The van der Waals surface area contributed by atoms with E-state index in [1.165, 1.54) is 4.90 Å². The number of likely N-dealkylation sites (N-methyl/N-ethyl adjacent to an activating group) is 1. The average Bonchev–Trinajstić information content (AvgIpc) is 2.60. The lowest BCUT2D eigenvalue weighted by molar-refractivity contribution is -0.168. The van der Waals surface area contributed by atoms with E-state index >= 15 is 0 Å². The van der Waals surface area contributed by atoms with Crippen LogP contribution in [-0.2, 0) is 19.1 Å². The number of carbonyl (C=O) groups excluding carboxylic acids is 3. The fourth-order valence-corrected chi connectivity index (χ4v) is 3.43. The van der Waals surface area contributed by atoms with Crippen LogP contribution in [-0.4, -0.2) is 65.9 Å². The third-order valence-corrected chi connectivity index (χ3v) is 4.59. The molecule has 7 nitrogen and oxygen atoms in total. The Morgan fingerprint density at radius 3 is 2.33 bits per heavy atom. The van der Waals surface area contributed by atoms with Crippen molar-refractivity contribution in [3.8, 4) is 0 Å². The SMILES string of the molecule is CC(C)N1C(=O)CO[C@H](C(=O)NC(C)(C)C(=O)N(C)C)[C@H]1c1ccccc1. The summed E-state index contributed by atoms with van der Waals surface area (Å²) < 4.78 is 5.66. The predicted molar refractivity (Wildman–Crippen MR) is 102 cm³/mol. The van der Waals surface area contributed by atoms with Crippen LogP contribution in [0.3, 0.4) is 0 Å². The van der Waals surface area contributed by atoms with Crippen LogP contribution in [0.4, 0.5) is 0 Å². The molecule has 1 N–H and O–H groups in total. The molecule has 0 spiro atoms. The van der Waals surface area contributed by atoms with Gasteiger partial charge < -0.3 is 19.9 Å². The first-order valence-electron chi connectivity index (χ1n) is 9.07. The molecule has 1 saturated heterocycles. The van der Waals surface area contributed by atoms with Gasteiger partial charge >= 0.3 is 0 Å². The molecule has 2 atom stereocenters. The number of rotatable bonds is 5. The van der Waals surface area contributed by atoms with E-state index in [0.717, 1.165) is 5.56 Å². The maximum absolute atomic E-state index is 13.1. The van der Waals surface area contributed by atoms with Crippen LogP contribution in [0.5, 0.6) is 0 Å². The molecule has 0 aromatic heterocycles. The molecule has 2 rings (SSSR count). The summed E-state index contributed by atoms with van der Waals surface area (Å²) in [7, 11) is 3.28. The number of carbonyl (C=O) groups is 3. The van der Waals surface area contributed by atoms with E-state index in [9.17, 15) is 14.4 Å². The van der Waals surface area contributed by atoms with Gasteiger partial charge in [-0.2, -0.15) is 0 Å². The van der Waals surface area contributed by atoms with Crippen molar-refractivity contribution >= 4 is 17.7 Å². The highest BCUT2D eigenvalue weighted by atomic mass is 16.5. The van der Waals surface area contributed by atoms with Gasteiger partial charge in [-0.3, -0.25) is 14.4 Å². The molecule has 3 amide bonds. The second-order valence-corrected chi connectivity index (χ2v) is 7.80. The number of ether oxygens (including phenoxy) is 1. The molecule has 27 heavy (non-hydrogen) atoms. The standard InChI is InChI=1S/C20H29N3O4/c1-13(2)23-15(24)12-27-17(16(23)14-10-8-7-9-11-14)18(25)21-20(3,4)19(26)22(5)6/h7-11,13,16-17H,12H2,1-6H3,(H,21,25)/t16-,17+/m1/s1. The summed E-state index contributed by atoms with van der Waals surface area (Å²) in [6, 6.07) is 8.69. The zero-order valence-corrected chi connectivity index (χ0v) is 16.9. The molecule has 0 aliphatic carbocycles. The van der Waals surface area contributed by atoms with Crippen molar-refractivity contribution in [1.82, 2.24) is 15.1 Å². The average molecular weight is 375 g/mol. The van der Waals surface area contributed by atoms with Crippen LogP contribution < -0.4 is 5.32 Å². The molecule has 1 fully saturated rings. The van der Waals surface area contributed by atoms with Gasteiger partial charge in [0, 0.05) is 20.1 Å². The molecule has 1 aliphatic heterocycles. The fourth-order valence-electron chi connectivity index (χ4n) is 3.43. The van der Waals surface area contributed by atoms with E-state index in [2.05, 4.69) is 5.32 Å². The number of nitrogens with zero attached hydrogens (tertiary/aromatic N) is 2. The minimum Gasteiger partial charge on any atom is -0.356 e. The van der Waals surface area contributed by atoms with Crippen molar-refractivity contribution in [2.45, 2.75) is 51.4 Å². The van der Waals surface area contributed by atoms with Gasteiger partial charge in [-0.15, -0.1) is 0 Å². The van der Waals surface area contributed by atoms with Crippen LogP contribution in [0, 0.1) is 0 Å². The zero-order chi connectivity index (χ0) is 20.4. The van der Waals surface area contributed by atoms with E-state index in [1.807, 2.05) is 44.2 Å². The number of nitrogens with one attached hydrogen (secondary N) is 1. The summed E-state index contributed by atoms with van der Waals surface area (Å²) in [6.07, 6.45) is -0.901. The third kappa shape index (κ3) is 4.47. The Morgan fingerprint density at radius 2 is 1.81 bits per heavy atom. The zero-order valence-electron chi connectivity index (χ0n) is 16.9. The number of hydrogen-bond donors (Lipinski definition) is 1. The first-order chi connectivity index (χ1) is 12.6. The summed E-state index contributed by atoms with van der Waals surface area (Å²) in [5, 5.41) is 2.79. The highest BCUT2D eigenvalue weighted by Gasteiger charge is 2.44. The van der Waals surface area contributed by atoms with Crippen molar-refractivity contribution in [1.29, 1.82) is 0 Å². The second kappa shape index (κ2) is 8.08. The van der Waals surface area contributed by atoms with Gasteiger partial charge in [-0.25, -0.2) is 0 Å². The number of benzene rings is 1. The van der Waals surface area contributed by atoms with Gasteiger partial charge in [0.2, 0.25) is 11.8 Å². The van der Waals surface area contributed by atoms with Gasteiger partial charge in [0.1, 0.15) is 12.1 Å². The lowest BCUT2D eigenvalue weighted by Gasteiger charge is -2.43. The monoisotopic (exact) mass is 375 g/mol. The van der Waals surface area contributed by atoms with Gasteiger partial charge in [-0.1, -0.05) is 30.3 Å². The molecule has 7 heteroatoms. The highest BCUT2D eigenvalue weighted by Crippen LogP contribution is 2.32. The maximum Gasteiger partial charge on any atom is 0.252 e. The minimum atomic E-state index is -1.09. The van der Waals surface area contributed by atoms with Crippen LogP contribution in [0.15, 0.2) is 30.3 Å². The summed E-state index contributed by atoms with van der Waals surface area (Å²) in [5.41, 5.74) is -0.272. The molecular formula is C20H29N3O4. The lowest BCUT2D eigenvalue weighted by Crippen LogP contribution is -2.61. The largest absolute Gasteiger partial charge is 0.356 e. The molecule has 1 aliphatic rings. The van der Waals surface area contributed by atoms with E-state index in [-0.39, 0.29) is 24.5 Å². The normalized spacial score (nSPS) is 20.6. The first kappa shape index (κ1) is 20.9. The van der Waals surface area contributed by atoms with Crippen molar-refractivity contribution in [3.05, 3.63) is 35.9 Å². The second-order valence-electron chi connectivity index (χ2n) is 7.80. The molecular weight excluding hydrogens is 346 g/mol. The molecule has 1 aromatic rings.